The van der Waals surface area contributed by atoms with Gasteiger partial charge in [-0.2, -0.15) is 0 Å². The smallest absolute Gasteiger partial charge is 0.278 e. The zero-order chi connectivity index (χ0) is 19.7. The summed E-state index contributed by atoms with van der Waals surface area (Å²) < 4.78 is 0. The van der Waals surface area contributed by atoms with Crippen molar-refractivity contribution < 1.29 is 19.4 Å². The molecule has 0 saturated carbocycles. The Hall–Kier alpha value is -3.72. The topological polar surface area (TPSA) is 133 Å². The summed E-state index contributed by atoms with van der Waals surface area (Å²) in [6.45, 7) is 0. The van der Waals surface area contributed by atoms with Crippen LogP contribution in [0.4, 0.5) is 11.4 Å². The summed E-state index contributed by atoms with van der Waals surface area (Å²) in [4.78, 5) is 48.6. The molecule has 0 radical (unpaired) electrons. The number of benzene rings is 2. The summed E-state index contributed by atoms with van der Waals surface area (Å²) in [6, 6.07) is 8.87. The first kappa shape index (κ1) is 18.1. The normalized spacial score (nSPS) is 14.5. The predicted molar refractivity (Wildman–Crippen MR) is 95.3 cm³/mol. The molecule has 1 aliphatic rings. The van der Waals surface area contributed by atoms with E-state index < -0.39 is 32.9 Å². The third-order valence-corrected chi connectivity index (χ3v) is 4.00. The molecule has 0 bridgehead atoms. The number of nitro groups is 2. The zero-order valence-electron chi connectivity index (χ0n) is 13.3. The molecule has 0 unspecified atom stereocenters. The van der Waals surface area contributed by atoms with E-state index in [4.69, 9.17) is 11.6 Å². The number of carbonyl (C=O) groups excluding carboxylic acids is 2. The van der Waals surface area contributed by atoms with E-state index >= 15 is 0 Å². The largest absolute Gasteiger partial charge is 0.288 e. The van der Waals surface area contributed by atoms with Crippen molar-refractivity contribution in [1.29, 1.82) is 0 Å². The van der Waals surface area contributed by atoms with Gasteiger partial charge in [0.1, 0.15) is 0 Å². The number of non-ortho nitro benzene ring substituents is 2. The standard InChI is InChI=1S/C17H8ClN3O6/c18-14-8-15(12-3-1-2-4-13(12)16(14)22)19-17(23)9-5-10(20(24)25)7-11(6-9)21(26)27/h1-8H. The van der Waals surface area contributed by atoms with Gasteiger partial charge >= 0.3 is 0 Å². The number of hydrogen-bond donors (Lipinski definition) is 0. The number of ketones is 1. The van der Waals surface area contributed by atoms with Gasteiger partial charge in [-0.3, -0.25) is 29.8 Å². The number of rotatable bonds is 3. The molecule has 0 spiro atoms. The van der Waals surface area contributed by atoms with Gasteiger partial charge in [0.25, 0.3) is 17.3 Å². The van der Waals surface area contributed by atoms with Gasteiger partial charge in [-0.25, -0.2) is 4.99 Å². The minimum Gasteiger partial charge on any atom is -0.288 e. The van der Waals surface area contributed by atoms with Crippen LogP contribution in [0.15, 0.2) is 58.6 Å². The second-order valence-electron chi connectivity index (χ2n) is 5.42. The van der Waals surface area contributed by atoms with Crippen molar-refractivity contribution in [3.8, 4) is 0 Å². The lowest BCUT2D eigenvalue weighted by atomic mass is 9.94. The molecule has 0 heterocycles. The lowest BCUT2D eigenvalue weighted by Gasteiger charge is -2.13. The maximum Gasteiger partial charge on any atom is 0.278 e. The second kappa shape index (κ2) is 6.89. The molecule has 0 aliphatic heterocycles. The highest BCUT2D eigenvalue weighted by molar-refractivity contribution is 6.49. The van der Waals surface area contributed by atoms with E-state index in [1.54, 1.807) is 18.2 Å². The van der Waals surface area contributed by atoms with Crippen molar-refractivity contribution in [2.24, 2.45) is 4.99 Å². The summed E-state index contributed by atoms with van der Waals surface area (Å²) in [5.41, 5.74) is -0.862. The molecular weight excluding hydrogens is 378 g/mol. The van der Waals surface area contributed by atoms with Crippen molar-refractivity contribution in [2.45, 2.75) is 0 Å². The van der Waals surface area contributed by atoms with E-state index in [1.165, 1.54) is 12.1 Å². The van der Waals surface area contributed by atoms with Crippen molar-refractivity contribution in [1.82, 2.24) is 0 Å². The number of hydrogen-bond acceptors (Lipinski definition) is 6. The molecule has 9 nitrogen and oxygen atoms in total. The quantitative estimate of drug-likeness (QED) is 0.586. The van der Waals surface area contributed by atoms with Crippen LogP contribution in [-0.4, -0.2) is 27.2 Å². The fraction of sp³-hybridized carbons (Fsp3) is 0. The van der Waals surface area contributed by atoms with Crippen molar-refractivity contribution >= 4 is 40.4 Å². The first-order valence-electron chi connectivity index (χ1n) is 7.36. The number of allylic oxidation sites excluding steroid dienone is 2. The molecule has 134 valence electrons. The summed E-state index contributed by atoms with van der Waals surface area (Å²) in [5.74, 6) is -1.37. The zero-order valence-corrected chi connectivity index (χ0v) is 14.0. The lowest BCUT2D eigenvalue weighted by Crippen LogP contribution is -2.16. The average molecular weight is 386 g/mol. The number of halogens is 1. The minimum absolute atomic E-state index is 0.0781. The van der Waals surface area contributed by atoms with Gasteiger partial charge in [-0.1, -0.05) is 35.9 Å². The maximum atomic E-state index is 12.5. The summed E-state index contributed by atoms with van der Waals surface area (Å²) >= 11 is 5.89. The van der Waals surface area contributed by atoms with Crippen molar-refractivity contribution in [3.05, 3.63) is 90.5 Å². The van der Waals surface area contributed by atoms with Crippen LogP contribution in [0.5, 0.6) is 0 Å². The fourth-order valence-corrected chi connectivity index (χ4v) is 2.70. The Balaban J connectivity index is 2.11. The van der Waals surface area contributed by atoms with E-state index in [9.17, 15) is 29.8 Å². The Morgan fingerprint density at radius 1 is 0.963 bits per heavy atom. The molecule has 10 heteroatoms. The predicted octanol–water partition coefficient (Wildman–Crippen LogP) is 3.45. The van der Waals surface area contributed by atoms with E-state index in [0.717, 1.165) is 18.2 Å². The highest BCUT2D eigenvalue weighted by Crippen LogP contribution is 2.26. The molecule has 1 aliphatic carbocycles. The highest BCUT2D eigenvalue weighted by Gasteiger charge is 2.25. The number of Topliss-reactive ketones (excluding diaryl/α,β-unsaturated/α-hetero) is 1. The van der Waals surface area contributed by atoms with Gasteiger partial charge in [0.05, 0.1) is 32.2 Å². The molecular formula is C17H8ClN3O6. The second-order valence-corrected chi connectivity index (χ2v) is 5.83. The number of fused-ring (bicyclic) bond motifs is 1. The van der Waals surface area contributed by atoms with Crippen LogP contribution in [0.25, 0.3) is 0 Å². The monoisotopic (exact) mass is 385 g/mol. The van der Waals surface area contributed by atoms with Crippen LogP contribution >= 0.6 is 11.6 Å². The van der Waals surface area contributed by atoms with Gasteiger partial charge in [0, 0.05) is 23.3 Å². The molecule has 0 N–H and O–H groups in total. The Bertz CT molecular complexity index is 1060. The molecule has 0 atom stereocenters. The first-order chi connectivity index (χ1) is 12.8. The molecule has 0 aromatic heterocycles. The van der Waals surface area contributed by atoms with Gasteiger partial charge < -0.3 is 0 Å². The van der Waals surface area contributed by atoms with Crippen LogP contribution in [0.2, 0.25) is 0 Å². The van der Waals surface area contributed by atoms with Crippen molar-refractivity contribution in [3.63, 3.8) is 0 Å². The number of aliphatic imine (C=N–C) groups is 1. The Morgan fingerprint density at radius 3 is 2.07 bits per heavy atom. The van der Waals surface area contributed by atoms with Gasteiger partial charge in [-0.05, 0) is 6.08 Å². The maximum absolute atomic E-state index is 12.5. The molecule has 1 amide bonds. The molecule has 2 aromatic carbocycles. The number of nitrogens with zero attached hydrogens (tertiary/aromatic N) is 3. The average Bonchev–Trinajstić information content (AvgIpc) is 2.65. The lowest BCUT2D eigenvalue weighted by molar-refractivity contribution is -0.394. The van der Waals surface area contributed by atoms with E-state index in [0.29, 0.717) is 5.56 Å². The molecule has 0 saturated heterocycles. The number of nitro benzene ring substituents is 2. The van der Waals surface area contributed by atoms with Gasteiger partial charge in [-0.15, -0.1) is 0 Å². The molecule has 0 fully saturated rings. The van der Waals surface area contributed by atoms with Gasteiger partial charge in [0.2, 0.25) is 5.78 Å². The molecule has 3 rings (SSSR count). The summed E-state index contributed by atoms with van der Waals surface area (Å²) in [6.07, 6.45) is 1.20. The number of carbonyl (C=O) groups is 2. The first-order valence-corrected chi connectivity index (χ1v) is 7.74. The van der Waals surface area contributed by atoms with Crippen LogP contribution in [-0.2, 0) is 0 Å². The van der Waals surface area contributed by atoms with Crippen LogP contribution < -0.4 is 0 Å². The van der Waals surface area contributed by atoms with Crippen molar-refractivity contribution in [2.75, 3.05) is 0 Å². The van der Waals surface area contributed by atoms with E-state index in [2.05, 4.69) is 4.99 Å². The third-order valence-electron chi connectivity index (χ3n) is 3.72. The van der Waals surface area contributed by atoms with E-state index in [1.807, 2.05) is 0 Å². The van der Waals surface area contributed by atoms with Crippen LogP contribution in [0.3, 0.4) is 0 Å². The van der Waals surface area contributed by atoms with Crippen LogP contribution in [0.1, 0.15) is 26.3 Å². The highest BCUT2D eigenvalue weighted by atomic mass is 35.5. The Labute approximate surface area is 155 Å². The van der Waals surface area contributed by atoms with E-state index in [-0.39, 0.29) is 21.9 Å². The van der Waals surface area contributed by atoms with Crippen LogP contribution in [0, 0.1) is 20.2 Å². The summed E-state index contributed by atoms with van der Waals surface area (Å²) in [5, 5.41) is 21.8. The Kier molecular flexibility index (Phi) is 4.61. The van der Waals surface area contributed by atoms with Gasteiger partial charge in [0.15, 0.2) is 0 Å². The minimum atomic E-state index is -0.943. The fourth-order valence-electron chi connectivity index (χ4n) is 2.49. The summed E-state index contributed by atoms with van der Waals surface area (Å²) in [7, 11) is 0. The third kappa shape index (κ3) is 3.48. The Morgan fingerprint density at radius 2 is 1.52 bits per heavy atom. The molecule has 27 heavy (non-hydrogen) atoms. The molecule has 2 aromatic rings. The SMILES string of the molecule is O=C(N=C1C=C(Cl)C(=O)c2ccccc21)c1cc([N+](=O)[O-])cc([N+](=O)[O-])c1. The number of amides is 1.